The van der Waals surface area contributed by atoms with Crippen LogP contribution < -0.4 is 5.00 Å². The Kier molecular flexibility index (Phi) is 8.61. The number of aliphatic hydroxyl groups is 1. The maximum atomic E-state index is 13.3. The minimum Gasteiger partial charge on any atom is -0.428 e. The third-order valence-corrected chi connectivity index (χ3v) is 12.9. The lowest BCUT2D eigenvalue weighted by molar-refractivity contribution is -0.161. The van der Waals surface area contributed by atoms with Crippen molar-refractivity contribution < 1.29 is 23.6 Å². The van der Waals surface area contributed by atoms with Crippen molar-refractivity contribution in [3.05, 3.63) is 11.3 Å². The quantitative estimate of drug-likeness (QED) is 0.265. The molecular formula is C21H37BN3O5PSi. The zero-order valence-corrected chi connectivity index (χ0v) is 21.9. The van der Waals surface area contributed by atoms with Gasteiger partial charge >= 0.3 is 5.97 Å². The highest BCUT2D eigenvalue weighted by molar-refractivity contribution is 7.32. The highest BCUT2D eigenvalue weighted by Crippen LogP contribution is 2.49. The molecule has 0 spiro atoms. The number of carbonyl (C=O) groups is 2. The SMILES string of the molecule is [B]NPOC(=O)C1=C(CN2CC[C@@H](O)C2)[C@H](C)[C@@H]2C([C@@H](C)O[Si](CC)(CC)CC)C(=O)N12. The normalized spacial score (nSPS) is 29.7. The Bertz CT molecular complexity index is 745. The van der Waals surface area contributed by atoms with E-state index in [2.05, 4.69) is 37.6 Å². The van der Waals surface area contributed by atoms with Crippen LogP contribution in [0.2, 0.25) is 18.1 Å². The molecule has 32 heavy (non-hydrogen) atoms. The molecule has 0 aliphatic carbocycles. The lowest BCUT2D eigenvalue weighted by Crippen LogP contribution is -2.65. The molecule has 3 rings (SSSR count). The lowest BCUT2D eigenvalue weighted by atomic mass is 9.77. The molecule has 2 radical (unpaired) electrons. The fraction of sp³-hybridized carbons (Fsp3) is 0.810. The molecule has 0 bridgehead atoms. The first-order chi connectivity index (χ1) is 15.2. The smallest absolute Gasteiger partial charge is 0.358 e. The van der Waals surface area contributed by atoms with Crippen molar-refractivity contribution in [1.82, 2.24) is 14.8 Å². The fourth-order valence-corrected chi connectivity index (χ4v) is 8.80. The second kappa shape index (κ2) is 10.7. The Morgan fingerprint density at radius 1 is 1.34 bits per heavy atom. The average molecular weight is 481 g/mol. The van der Waals surface area contributed by atoms with Crippen molar-refractivity contribution in [1.29, 1.82) is 0 Å². The number of β-lactam (4-membered cyclic amide) rings is 1. The molecular weight excluding hydrogens is 444 g/mol. The molecule has 1 amide bonds. The molecule has 2 saturated heterocycles. The molecule has 3 aliphatic rings. The number of likely N-dealkylation sites (tertiary alicyclic amines) is 1. The second-order valence-electron chi connectivity index (χ2n) is 9.27. The van der Waals surface area contributed by atoms with Crippen LogP contribution in [0.3, 0.4) is 0 Å². The van der Waals surface area contributed by atoms with Gasteiger partial charge in [0.1, 0.15) is 14.7 Å². The number of aliphatic hydroxyl groups excluding tert-OH is 1. The number of carbonyl (C=O) groups excluding carboxylic acids is 2. The molecule has 178 valence electrons. The summed E-state index contributed by atoms with van der Waals surface area (Å²) in [5, 5.41) is 9.93. The predicted molar refractivity (Wildman–Crippen MR) is 128 cm³/mol. The van der Waals surface area contributed by atoms with Gasteiger partial charge in [0, 0.05) is 25.6 Å². The number of nitrogens with one attached hydrogen (secondary N) is 1. The van der Waals surface area contributed by atoms with Gasteiger partial charge < -0.3 is 24.0 Å². The summed E-state index contributed by atoms with van der Waals surface area (Å²) in [5.41, 5.74) is 1.26. The van der Waals surface area contributed by atoms with Crippen LogP contribution in [0, 0.1) is 11.8 Å². The highest BCUT2D eigenvalue weighted by atomic mass is 31.1. The largest absolute Gasteiger partial charge is 0.428 e. The topological polar surface area (TPSA) is 91.3 Å². The van der Waals surface area contributed by atoms with Crippen molar-refractivity contribution >= 4 is 37.1 Å². The van der Waals surface area contributed by atoms with Gasteiger partial charge in [-0.1, -0.05) is 27.7 Å². The number of β-amino-alcohol motifs (C(OH)–C–C–N with tert-alkyl or cyclic N) is 1. The van der Waals surface area contributed by atoms with Crippen molar-refractivity contribution in [3.8, 4) is 0 Å². The van der Waals surface area contributed by atoms with E-state index in [0.29, 0.717) is 18.8 Å². The first-order valence-corrected chi connectivity index (χ1v) is 15.2. The van der Waals surface area contributed by atoms with Crippen molar-refractivity contribution in [2.45, 2.75) is 77.4 Å². The molecule has 0 aromatic heterocycles. The van der Waals surface area contributed by atoms with E-state index < -0.39 is 14.3 Å². The van der Waals surface area contributed by atoms with E-state index in [1.807, 2.05) is 6.92 Å². The van der Waals surface area contributed by atoms with E-state index in [1.165, 1.54) is 0 Å². The van der Waals surface area contributed by atoms with Crippen molar-refractivity contribution in [2.24, 2.45) is 11.8 Å². The summed E-state index contributed by atoms with van der Waals surface area (Å²) in [5.74, 6) is -0.835. The first kappa shape index (κ1) is 25.8. The van der Waals surface area contributed by atoms with Gasteiger partial charge in [0.05, 0.1) is 24.2 Å². The van der Waals surface area contributed by atoms with E-state index in [1.54, 1.807) is 4.90 Å². The summed E-state index contributed by atoms with van der Waals surface area (Å²) in [6.45, 7) is 12.5. The Labute approximate surface area is 195 Å². The molecule has 3 aliphatic heterocycles. The number of amides is 1. The van der Waals surface area contributed by atoms with Gasteiger partial charge in [-0.3, -0.25) is 9.69 Å². The molecule has 0 saturated carbocycles. The van der Waals surface area contributed by atoms with Gasteiger partial charge in [-0.15, -0.1) is 0 Å². The van der Waals surface area contributed by atoms with E-state index in [0.717, 1.165) is 36.7 Å². The molecule has 2 unspecified atom stereocenters. The summed E-state index contributed by atoms with van der Waals surface area (Å²) in [4.78, 5) is 32.4. The van der Waals surface area contributed by atoms with Crippen LogP contribution in [-0.4, -0.2) is 81.0 Å². The number of hydrogen-bond donors (Lipinski definition) is 2. The molecule has 3 heterocycles. The van der Waals surface area contributed by atoms with Gasteiger partial charge in [-0.05, 0) is 37.0 Å². The van der Waals surface area contributed by atoms with Crippen molar-refractivity contribution in [3.63, 3.8) is 0 Å². The molecule has 8 nitrogen and oxygen atoms in total. The molecule has 6 atom stereocenters. The maximum absolute atomic E-state index is 13.3. The van der Waals surface area contributed by atoms with E-state index in [9.17, 15) is 14.7 Å². The van der Waals surface area contributed by atoms with E-state index >= 15 is 0 Å². The second-order valence-corrected chi connectivity index (χ2v) is 14.7. The zero-order chi connectivity index (χ0) is 23.6. The van der Waals surface area contributed by atoms with E-state index in [-0.39, 0.29) is 45.0 Å². The Morgan fingerprint density at radius 3 is 2.53 bits per heavy atom. The third-order valence-electron chi connectivity index (χ3n) is 7.71. The predicted octanol–water partition coefficient (Wildman–Crippen LogP) is 1.92. The summed E-state index contributed by atoms with van der Waals surface area (Å²) in [6.07, 6.45) is 0.188. The van der Waals surface area contributed by atoms with Crippen LogP contribution in [-0.2, 0) is 18.5 Å². The van der Waals surface area contributed by atoms with Gasteiger partial charge in [0.15, 0.2) is 16.3 Å². The molecule has 0 aromatic rings. The number of fused-ring (bicyclic) bond motifs is 1. The van der Waals surface area contributed by atoms with Crippen LogP contribution in [0.5, 0.6) is 0 Å². The highest BCUT2D eigenvalue weighted by Gasteiger charge is 2.61. The monoisotopic (exact) mass is 481 g/mol. The lowest BCUT2D eigenvalue weighted by Gasteiger charge is -2.49. The first-order valence-electron chi connectivity index (χ1n) is 11.8. The fourth-order valence-electron chi connectivity index (χ4n) is 5.62. The average Bonchev–Trinajstić information content (AvgIpc) is 3.29. The van der Waals surface area contributed by atoms with Gasteiger partial charge in [0.2, 0.25) is 5.91 Å². The van der Waals surface area contributed by atoms with Crippen LogP contribution >= 0.6 is 8.96 Å². The minimum absolute atomic E-state index is 0.0131. The molecule has 2 N–H and O–H groups in total. The number of nitrogens with zero attached hydrogens (tertiary/aromatic N) is 2. The van der Waals surface area contributed by atoms with Gasteiger partial charge in [-0.2, -0.15) is 0 Å². The third kappa shape index (κ3) is 4.72. The maximum Gasteiger partial charge on any atom is 0.358 e. The zero-order valence-electron chi connectivity index (χ0n) is 19.9. The van der Waals surface area contributed by atoms with Gasteiger partial charge in [-0.25, -0.2) is 4.79 Å². The minimum atomic E-state index is -1.86. The molecule has 0 aromatic carbocycles. The Morgan fingerprint density at radius 2 is 2.00 bits per heavy atom. The van der Waals surface area contributed by atoms with E-state index in [4.69, 9.17) is 16.9 Å². The summed E-state index contributed by atoms with van der Waals surface area (Å²) in [7, 11) is 3.04. The summed E-state index contributed by atoms with van der Waals surface area (Å²) in [6, 6.07) is 2.98. The van der Waals surface area contributed by atoms with Crippen molar-refractivity contribution in [2.75, 3.05) is 19.6 Å². The Hall–Kier alpha value is -0.768. The Balaban J connectivity index is 1.84. The summed E-state index contributed by atoms with van der Waals surface area (Å²) >= 11 is 0. The number of rotatable bonds is 11. The molecule has 2 fully saturated rings. The molecule has 11 heteroatoms. The van der Waals surface area contributed by atoms with Crippen LogP contribution in [0.25, 0.3) is 0 Å². The van der Waals surface area contributed by atoms with Crippen LogP contribution in [0.4, 0.5) is 0 Å². The van der Waals surface area contributed by atoms with Crippen LogP contribution in [0.15, 0.2) is 11.3 Å². The van der Waals surface area contributed by atoms with Crippen LogP contribution in [0.1, 0.15) is 41.0 Å². The summed E-state index contributed by atoms with van der Waals surface area (Å²) < 4.78 is 11.9. The standard InChI is InChI=1S/C21H37BN3O5PSi/c1-6-32(7-2,8-3)30-14(5)17-18-13(4)16(12-24-10-9-15(26)11-24)19(25(18)20(17)27)21(28)29-31-23-22/h13-15,17-18,23,26,31H,6-12H2,1-5H3/t13-,14+,15+,17?,18+/m0/s1. The number of hydrogen-bond acceptors (Lipinski definition) is 7. The van der Waals surface area contributed by atoms with Gasteiger partial charge in [0.25, 0.3) is 0 Å².